The standard InChI is InChI=1S/C16H25NS/c1-13-8-9-16(14(2)12-13)18-11-5-10-17-15-6-3-4-7-15/h8-9,12,15,17H,3-7,10-11H2,1-2H3. The first kappa shape index (κ1) is 14.0. The lowest BCUT2D eigenvalue weighted by molar-refractivity contribution is 0.525. The molecule has 0 amide bonds. The van der Waals surface area contributed by atoms with Gasteiger partial charge in [0, 0.05) is 10.9 Å². The Hall–Kier alpha value is -0.470. The maximum Gasteiger partial charge on any atom is 0.0101 e. The smallest absolute Gasteiger partial charge is 0.0101 e. The summed E-state index contributed by atoms with van der Waals surface area (Å²) in [5.74, 6) is 1.23. The number of rotatable bonds is 6. The molecular weight excluding hydrogens is 238 g/mol. The number of thioether (sulfide) groups is 1. The molecule has 1 aliphatic carbocycles. The zero-order chi connectivity index (χ0) is 12.8. The highest BCUT2D eigenvalue weighted by molar-refractivity contribution is 7.99. The van der Waals surface area contributed by atoms with Crippen molar-refractivity contribution in [1.82, 2.24) is 5.32 Å². The average molecular weight is 263 g/mol. The Balaban J connectivity index is 1.62. The summed E-state index contributed by atoms with van der Waals surface area (Å²) in [6.07, 6.45) is 6.91. The highest BCUT2D eigenvalue weighted by atomic mass is 32.2. The fourth-order valence-electron chi connectivity index (χ4n) is 2.65. The Labute approximate surface area is 116 Å². The van der Waals surface area contributed by atoms with Crippen LogP contribution in [-0.4, -0.2) is 18.3 Å². The molecule has 18 heavy (non-hydrogen) atoms. The molecule has 0 spiro atoms. The highest BCUT2D eigenvalue weighted by Crippen LogP contribution is 2.23. The quantitative estimate of drug-likeness (QED) is 0.606. The number of hydrogen-bond donors (Lipinski definition) is 1. The van der Waals surface area contributed by atoms with Gasteiger partial charge in [-0.05, 0) is 57.0 Å². The minimum atomic E-state index is 0.816. The van der Waals surface area contributed by atoms with Crippen LogP contribution in [0.15, 0.2) is 23.1 Å². The summed E-state index contributed by atoms with van der Waals surface area (Å²) in [6.45, 7) is 5.56. The summed E-state index contributed by atoms with van der Waals surface area (Å²) in [5, 5.41) is 3.68. The zero-order valence-electron chi connectivity index (χ0n) is 11.7. The van der Waals surface area contributed by atoms with Gasteiger partial charge in [-0.15, -0.1) is 11.8 Å². The summed E-state index contributed by atoms with van der Waals surface area (Å²) in [4.78, 5) is 1.45. The van der Waals surface area contributed by atoms with Crippen LogP contribution in [0.3, 0.4) is 0 Å². The molecule has 1 aliphatic rings. The lowest BCUT2D eigenvalue weighted by atomic mass is 10.2. The van der Waals surface area contributed by atoms with Crippen molar-refractivity contribution >= 4 is 11.8 Å². The van der Waals surface area contributed by atoms with E-state index in [4.69, 9.17) is 0 Å². The second-order valence-electron chi connectivity index (χ2n) is 5.41. The molecule has 1 aromatic rings. The molecule has 1 saturated carbocycles. The van der Waals surface area contributed by atoms with Gasteiger partial charge in [-0.2, -0.15) is 0 Å². The number of hydrogen-bond acceptors (Lipinski definition) is 2. The molecule has 0 saturated heterocycles. The summed E-state index contributed by atoms with van der Waals surface area (Å²) < 4.78 is 0. The van der Waals surface area contributed by atoms with Crippen LogP contribution < -0.4 is 5.32 Å². The van der Waals surface area contributed by atoms with E-state index in [0.29, 0.717) is 0 Å². The van der Waals surface area contributed by atoms with Crippen LogP contribution >= 0.6 is 11.8 Å². The number of nitrogens with one attached hydrogen (secondary N) is 1. The Bertz CT molecular complexity index is 369. The summed E-state index contributed by atoms with van der Waals surface area (Å²) in [5.41, 5.74) is 2.78. The second kappa shape index (κ2) is 7.20. The van der Waals surface area contributed by atoms with Crippen molar-refractivity contribution in [3.05, 3.63) is 29.3 Å². The Kier molecular flexibility index (Phi) is 5.58. The third kappa shape index (κ3) is 4.33. The summed E-state index contributed by atoms with van der Waals surface area (Å²) >= 11 is 2.00. The fraction of sp³-hybridized carbons (Fsp3) is 0.625. The number of aryl methyl sites for hydroxylation is 2. The molecular formula is C16H25NS. The maximum absolute atomic E-state index is 3.68. The molecule has 1 aromatic carbocycles. The van der Waals surface area contributed by atoms with E-state index in [1.807, 2.05) is 11.8 Å². The molecule has 0 aliphatic heterocycles. The minimum Gasteiger partial charge on any atom is -0.314 e. The highest BCUT2D eigenvalue weighted by Gasteiger charge is 2.13. The van der Waals surface area contributed by atoms with Gasteiger partial charge in [0.2, 0.25) is 0 Å². The fourth-order valence-corrected chi connectivity index (χ4v) is 3.61. The molecule has 2 heteroatoms. The third-order valence-corrected chi connectivity index (χ3v) is 4.96. The van der Waals surface area contributed by atoms with E-state index < -0.39 is 0 Å². The van der Waals surface area contributed by atoms with Crippen molar-refractivity contribution in [2.45, 2.75) is 56.9 Å². The van der Waals surface area contributed by atoms with Crippen molar-refractivity contribution in [2.75, 3.05) is 12.3 Å². The second-order valence-corrected chi connectivity index (χ2v) is 6.54. The predicted molar refractivity (Wildman–Crippen MR) is 81.5 cm³/mol. The van der Waals surface area contributed by atoms with E-state index in [1.165, 1.54) is 60.4 Å². The molecule has 0 bridgehead atoms. The topological polar surface area (TPSA) is 12.0 Å². The Morgan fingerprint density at radius 1 is 1.22 bits per heavy atom. The molecule has 2 rings (SSSR count). The first-order chi connectivity index (χ1) is 8.75. The van der Waals surface area contributed by atoms with Gasteiger partial charge in [0.15, 0.2) is 0 Å². The monoisotopic (exact) mass is 263 g/mol. The van der Waals surface area contributed by atoms with Gasteiger partial charge in [0.1, 0.15) is 0 Å². The van der Waals surface area contributed by atoms with Gasteiger partial charge < -0.3 is 5.32 Å². The van der Waals surface area contributed by atoms with E-state index in [-0.39, 0.29) is 0 Å². The molecule has 0 atom stereocenters. The minimum absolute atomic E-state index is 0.816. The van der Waals surface area contributed by atoms with Crippen LogP contribution in [0.2, 0.25) is 0 Å². The van der Waals surface area contributed by atoms with Crippen LogP contribution in [0, 0.1) is 13.8 Å². The normalized spacial score (nSPS) is 16.3. The lowest BCUT2D eigenvalue weighted by Gasteiger charge is -2.11. The van der Waals surface area contributed by atoms with Crippen molar-refractivity contribution in [3.8, 4) is 0 Å². The molecule has 0 radical (unpaired) electrons. The lowest BCUT2D eigenvalue weighted by Crippen LogP contribution is -2.27. The van der Waals surface area contributed by atoms with Gasteiger partial charge in [0.05, 0.1) is 0 Å². The average Bonchev–Trinajstić information content (AvgIpc) is 2.84. The van der Waals surface area contributed by atoms with Crippen LogP contribution in [0.4, 0.5) is 0 Å². The Morgan fingerprint density at radius 2 is 2.00 bits per heavy atom. The molecule has 0 unspecified atom stereocenters. The first-order valence-corrected chi connectivity index (χ1v) is 8.18. The van der Waals surface area contributed by atoms with Gasteiger partial charge in [-0.1, -0.05) is 30.5 Å². The van der Waals surface area contributed by atoms with E-state index in [2.05, 4.69) is 37.4 Å². The van der Waals surface area contributed by atoms with E-state index in [0.717, 1.165) is 6.04 Å². The van der Waals surface area contributed by atoms with Crippen molar-refractivity contribution in [2.24, 2.45) is 0 Å². The first-order valence-electron chi connectivity index (χ1n) is 7.19. The molecule has 0 aromatic heterocycles. The molecule has 1 nitrogen and oxygen atoms in total. The van der Waals surface area contributed by atoms with E-state index in [9.17, 15) is 0 Å². The van der Waals surface area contributed by atoms with Crippen LogP contribution in [-0.2, 0) is 0 Å². The summed E-state index contributed by atoms with van der Waals surface area (Å²) in [7, 11) is 0. The van der Waals surface area contributed by atoms with E-state index >= 15 is 0 Å². The maximum atomic E-state index is 3.68. The van der Waals surface area contributed by atoms with Crippen LogP contribution in [0.5, 0.6) is 0 Å². The SMILES string of the molecule is Cc1ccc(SCCCNC2CCCC2)c(C)c1. The largest absolute Gasteiger partial charge is 0.314 e. The third-order valence-electron chi connectivity index (χ3n) is 3.70. The summed E-state index contributed by atoms with van der Waals surface area (Å²) in [6, 6.07) is 7.57. The van der Waals surface area contributed by atoms with Gasteiger partial charge in [-0.3, -0.25) is 0 Å². The molecule has 1 fully saturated rings. The van der Waals surface area contributed by atoms with E-state index in [1.54, 1.807) is 0 Å². The van der Waals surface area contributed by atoms with Crippen LogP contribution in [0.1, 0.15) is 43.2 Å². The van der Waals surface area contributed by atoms with Crippen molar-refractivity contribution < 1.29 is 0 Å². The van der Waals surface area contributed by atoms with Gasteiger partial charge in [0.25, 0.3) is 0 Å². The van der Waals surface area contributed by atoms with Crippen molar-refractivity contribution in [1.29, 1.82) is 0 Å². The molecule has 100 valence electrons. The predicted octanol–water partition coefficient (Wildman–Crippen LogP) is 4.32. The number of benzene rings is 1. The molecule has 1 N–H and O–H groups in total. The van der Waals surface area contributed by atoms with Crippen LogP contribution in [0.25, 0.3) is 0 Å². The molecule has 0 heterocycles. The van der Waals surface area contributed by atoms with Gasteiger partial charge >= 0.3 is 0 Å². The Morgan fingerprint density at radius 3 is 2.72 bits per heavy atom. The van der Waals surface area contributed by atoms with Gasteiger partial charge in [-0.25, -0.2) is 0 Å². The zero-order valence-corrected chi connectivity index (χ0v) is 12.5. The van der Waals surface area contributed by atoms with Crippen molar-refractivity contribution in [3.63, 3.8) is 0 Å².